The van der Waals surface area contributed by atoms with Gasteiger partial charge in [-0.25, -0.2) is 22.6 Å². The predicted octanol–water partition coefficient (Wildman–Crippen LogP) is 4.92. The highest BCUT2D eigenvalue weighted by molar-refractivity contribution is 5.99. The molecule has 0 spiro atoms. The number of aromatic nitrogens is 2. The molecule has 4 rings (SSSR count). The highest BCUT2D eigenvalue weighted by Crippen LogP contribution is 2.24. The number of carbonyl (C=O) groups excluding carboxylic acids is 1. The number of amides is 2. The van der Waals surface area contributed by atoms with Crippen LogP contribution in [0, 0.1) is 17.5 Å². The smallest absolute Gasteiger partial charge is 0.312 e. The van der Waals surface area contributed by atoms with Crippen molar-refractivity contribution in [2.75, 3.05) is 17.2 Å². The van der Waals surface area contributed by atoms with Crippen molar-refractivity contribution in [2.24, 2.45) is 0 Å². The number of nitrogens with zero attached hydrogens (tertiary/aromatic N) is 2. The summed E-state index contributed by atoms with van der Waals surface area (Å²) in [6, 6.07) is 8.70. The maximum atomic E-state index is 13.9. The Morgan fingerprint density at radius 1 is 1.09 bits per heavy atom. The fourth-order valence-corrected chi connectivity index (χ4v) is 3.68. The molecule has 6 nitrogen and oxygen atoms in total. The number of aryl methyl sites for hydroxylation is 1. The fourth-order valence-electron chi connectivity index (χ4n) is 3.68. The third kappa shape index (κ3) is 4.62. The number of carbonyl (C=O) groups is 1. The Morgan fingerprint density at radius 2 is 1.94 bits per heavy atom. The molecule has 0 bridgehead atoms. The molecule has 1 aliphatic rings. The van der Waals surface area contributed by atoms with Crippen LogP contribution in [0.1, 0.15) is 36.6 Å². The van der Waals surface area contributed by atoms with E-state index in [1.54, 1.807) is 10.7 Å². The zero-order chi connectivity index (χ0) is 22.7. The lowest BCUT2D eigenvalue weighted by Crippen LogP contribution is -2.24. The van der Waals surface area contributed by atoms with Gasteiger partial charge in [-0.1, -0.05) is 19.4 Å². The molecule has 1 aromatic heterocycles. The SMILES string of the molecule is CCCCc1cc(NC(=O)Nc2ccc(F)c(F)c2F)n(-c2ccc3c(c2)CCNC3)n1. The van der Waals surface area contributed by atoms with Crippen molar-refractivity contribution in [3.05, 3.63) is 70.7 Å². The van der Waals surface area contributed by atoms with Gasteiger partial charge in [0.15, 0.2) is 17.5 Å². The van der Waals surface area contributed by atoms with E-state index in [9.17, 15) is 18.0 Å². The number of benzene rings is 2. The van der Waals surface area contributed by atoms with Crippen molar-refractivity contribution in [1.29, 1.82) is 0 Å². The fraction of sp³-hybridized carbons (Fsp3) is 0.304. The van der Waals surface area contributed by atoms with Crippen LogP contribution in [0.4, 0.5) is 29.5 Å². The first-order chi connectivity index (χ1) is 15.5. The molecule has 0 radical (unpaired) electrons. The van der Waals surface area contributed by atoms with Gasteiger partial charge in [-0.2, -0.15) is 5.10 Å². The third-order valence-corrected chi connectivity index (χ3v) is 5.39. The quantitative estimate of drug-likeness (QED) is 0.474. The van der Waals surface area contributed by atoms with Crippen LogP contribution in [0.3, 0.4) is 0 Å². The van der Waals surface area contributed by atoms with Gasteiger partial charge in [0.05, 0.1) is 17.1 Å². The Hall–Kier alpha value is -3.33. The number of nitrogens with one attached hydrogen (secondary N) is 3. The molecule has 2 heterocycles. The molecule has 0 saturated heterocycles. The summed E-state index contributed by atoms with van der Waals surface area (Å²) in [6.07, 6.45) is 3.58. The summed E-state index contributed by atoms with van der Waals surface area (Å²) in [7, 11) is 0. The average Bonchev–Trinajstić information content (AvgIpc) is 3.20. The van der Waals surface area contributed by atoms with Crippen LogP contribution in [0.15, 0.2) is 36.4 Å². The molecule has 9 heteroatoms. The first-order valence-electron chi connectivity index (χ1n) is 10.6. The van der Waals surface area contributed by atoms with Crippen molar-refractivity contribution in [2.45, 2.75) is 39.2 Å². The second kappa shape index (κ2) is 9.44. The van der Waals surface area contributed by atoms with Gasteiger partial charge in [-0.15, -0.1) is 0 Å². The molecule has 32 heavy (non-hydrogen) atoms. The van der Waals surface area contributed by atoms with E-state index in [1.165, 1.54) is 11.1 Å². The summed E-state index contributed by atoms with van der Waals surface area (Å²) in [6.45, 7) is 3.78. The largest absolute Gasteiger partial charge is 0.324 e. The van der Waals surface area contributed by atoms with Crippen LogP contribution in [-0.4, -0.2) is 22.4 Å². The van der Waals surface area contributed by atoms with Crippen LogP contribution in [0.2, 0.25) is 0 Å². The Morgan fingerprint density at radius 3 is 2.75 bits per heavy atom. The van der Waals surface area contributed by atoms with Crippen molar-refractivity contribution in [3.8, 4) is 5.69 Å². The van der Waals surface area contributed by atoms with Gasteiger partial charge in [0.1, 0.15) is 5.82 Å². The molecular weight excluding hydrogens is 419 g/mol. The van der Waals surface area contributed by atoms with Crippen LogP contribution >= 0.6 is 0 Å². The van der Waals surface area contributed by atoms with Gasteiger partial charge in [0.25, 0.3) is 0 Å². The van der Waals surface area contributed by atoms with E-state index in [0.29, 0.717) is 5.82 Å². The molecular formula is C23H24F3N5O. The number of hydrogen-bond acceptors (Lipinski definition) is 3. The van der Waals surface area contributed by atoms with Crippen molar-refractivity contribution >= 4 is 17.5 Å². The minimum Gasteiger partial charge on any atom is -0.312 e. The monoisotopic (exact) mass is 443 g/mol. The summed E-state index contributed by atoms with van der Waals surface area (Å²) in [5.41, 5.74) is 3.58. The minimum absolute atomic E-state index is 0.394. The van der Waals surface area contributed by atoms with Gasteiger partial charge in [-0.05, 0) is 61.2 Å². The van der Waals surface area contributed by atoms with Crippen LogP contribution < -0.4 is 16.0 Å². The molecule has 2 aromatic carbocycles. The van der Waals surface area contributed by atoms with Gasteiger partial charge in [0, 0.05) is 12.6 Å². The van der Waals surface area contributed by atoms with Crippen molar-refractivity contribution in [1.82, 2.24) is 15.1 Å². The third-order valence-electron chi connectivity index (χ3n) is 5.39. The Balaban J connectivity index is 1.61. The van der Waals surface area contributed by atoms with E-state index in [0.717, 1.165) is 62.3 Å². The lowest BCUT2D eigenvalue weighted by molar-refractivity contribution is 0.262. The Kier molecular flexibility index (Phi) is 6.45. The molecule has 3 N–H and O–H groups in total. The number of rotatable bonds is 6. The molecule has 0 aliphatic carbocycles. The number of urea groups is 1. The molecule has 0 fully saturated rings. The Labute approximate surface area is 183 Å². The van der Waals surface area contributed by atoms with E-state index in [1.807, 2.05) is 18.2 Å². The van der Waals surface area contributed by atoms with Crippen LogP contribution in [0.5, 0.6) is 0 Å². The van der Waals surface area contributed by atoms with Crippen molar-refractivity contribution < 1.29 is 18.0 Å². The van der Waals surface area contributed by atoms with E-state index >= 15 is 0 Å². The zero-order valence-corrected chi connectivity index (χ0v) is 17.6. The molecule has 168 valence electrons. The molecule has 0 unspecified atom stereocenters. The highest BCUT2D eigenvalue weighted by Gasteiger charge is 2.18. The number of hydrogen-bond donors (Lipinski definition) is 3. The predicted molar refractivity (Wildman–Crippen MR) is 117 cm³/mol. The number of anilines is 2. The first-order valence-corrected chi connectivity index (χ1v) is 10.6. The molecule has 0 atom stereocenters. The molecule has 2 amide bonds. The van der Waals surface area contributed by atoms with Gasteiger partial charge in [0.2, 0.25) is 0 Å². The van der Waals surface area contributed by atoms with Crippen LogP contribution in [-0.2, 0) is 19.4 Å². The maximum Gasteiger partial charge on any atom is 0.324 e. The summed E-state index contributed by atoms with van der Waals surface area (Å²) in [5.74, 6) is -4.03. The Bertz CT molecular complexity index is 1140. The standard InChI is InChI=1S/C23H24F3N5O/c1-2-3-4-16-12-20(29-23(32)28-19-8-7-18(24)21(25)22(19)26)31(30-16)17-6-5-15-13-27-10-9-14(15)11-17/h5-8,11-12,27H,2-4,9-10,13H2,1H3,(H2,28,29,32). The molecule has 1 aliphatic heterocycles. The first kappa shape index (κ1) is 21.9. The van der Waals surface area contributed by atoms with E-state index < -0.39 is 29.2 Å². The van der Waals surface area contributed by atoms with Crippen molar-refractivity contribution in [3.63, 3.8) is 0 Å². The summed E-state index contributed by atoms with van der Waals surface area (Å²) in [4.78, 5) is 12.5. The van der Waals surface area contributed by atoms with Gasteiger partial charge < -0.3 is 10.6 Å². The molecule has 0 saturated carbocycles. The van der Waals surface area contributed by atoms with E-state index in [-0.39, 0.29) is 0 Å². The topological polar surface area (TPSA) is 71.0 Å². The number of halogens is 3. The lowest BCUT2D eigenvalue weighted by Gasteiger charge is -2.18. The van der Waals surface area contributed by atoms with E-state index in [4.69, 9.17) is 0 Å². The summed E-state index contributed by atoms with van der Waals surface area (Å²) < 4.78 is 42.2. The second-order valence-electron chi connectivity index (χ2n) is 7.72. The minimum atomic E-state index is -1.64. The lowest BCUT2D eigenvalue weighted by atomic mass is 10.0. The van der Waals surface area contributed by atoms with Gasteiger partial charge >= 0.3 is 6.03 Å². The number of fused-ring (bicyclic) bond motifs is 1. The summed E-state index contributed by atoms with van der Waals surface area (Å²) >= 11 is 0. The highest BCUT2D eigenvalue weighted by atomic mass is 19.2. The van der Waals surface area contributed by atoms with E-state index in [2.05, 4.69) is 28.0 Å². The molecule has 3 aromatic rings. The normalized spacial score (nSPS) is 13.0. The summed E-state index contributed by atoms with van der Waals surface area (Å²) in [5, 5.41) is 12.9. The second-order valence-corrected chi connectivity index (χ2v) is 7.72. The average molecular weight is 443 g/mol. The van der Waals surface area contributed by atoms with Crippen LogP contribution in [0.25, 0.3) is 5.69 Å². The zero-order valence-electron chi connectivity index (χ0n) is 17.6. The number of unbranched alkanes of at least 4 members (excludes halogenated alkanes) is 1. The van der Waals surface area contributed by atoms with Gasteiger partial charge in [-0.3, -0.25) is 5.32 Å². The maximum absolute atomic E-state index is 13.9.